The minimum Gasteiger partial charge on any atom is -0.333 e. The van der Waals surface area contributed by atoms with Crippen LogP contribution in [0, 0.1) is 18.7 Å². The van der Waals surface area contributed by atoms with Crippen LogP contribution in [-0.4, -0.2) is 34.7 Å². The molecule has 3 rings (SSSR count). The Hall–Kier alpha value is -2.99. The molecule has 0 N–H and O–H groups in total. The Morgan fingerprint density at radius 1 is 0.882 bits per heavy atom. The van der Waals surface area contributed by atoms with Crippen LogP contribution >= 0.6 is 11.3 Å². The zero-order valence-corrected chi connectivity index (χ0v) is 21.0. The third-order valence-corrected chi connectivity index (χ3v) is 6.87. The Balaban J connectivity index is 1.78. The fourth-order valence-corrected chi connectivity index (χ4v) is 4.61. The van der Waals surface area contributed by atoms with Gasteiger partial charge in [-0.3, -0.25) is 9.59 Å². The lowest BCUT2D eigenvalue weighted by Crippen LogP contribution is -2.44. The van der Waals surface area contributed by atoms with E-state index < -0.39 is 0 Å². The molecule has 180 valence electrons. The number of aryl methyl sites for hydroxylation is 1. The number of halogens is 1. The Kier molecular flexibility index (Phi) is 9.40. The summed E-state index contributed by atoms with van der Waals surface area (Å²) in [5.74, 6) is -0.173. The number of amides is 2. The summed E-state index contributed by atoms with van der Waals surface area (Å²) in [6.07, 6.45) is 1.20. The van der Waals surface area contributed by atoms with E-state index in [1.807, 2.05) is 49.4 Å². The van der Waals surface area contributed by atoms with Gasteiger partial charge in [0.2, 0.25) is 11.8 Å². The zero-order valence-electron chi connectivity index (χ0n) is 20.2. The third-order valence-electron chi connectivity index (χ3n) is 5.89. The molecule has 0 aliphatic carbocycles. The highest BCUT2D eigenvalue weighted by Crippen LogP contribution is 2.19. The average Bonchev–Trinajstić information content (AvgIpc) is 3.24. The van der Waals surface area contributed by atoms with Crippen molar-refractivity contribution in [1.82, 2.24) is 9.80 Å². The Morgan fingerprint density at radius 3 is 2.21 bits per heavy atom. The van der Waals surface area contributed by atoms with Gasteiger partial charge in [-0.25, -0.2) is 4.39 Å². The molecule has 0 aliphatic rings. The molecule has 1 aromatic heterocycles. The van der Waals surface area contributed by atoms with E-state index in [0.717, 1.165) is 22.4 Å². The van der Waals surface area contributed by atoms with E-state index in [4.69, 9.17) is 0 Å². The SMILES string of the molecule is CC[C@@H](C)CN(CC(=O)N(Cc1ccc(F)cc1)Cc1ccc(C)s1)C(=O)Cc1ccccc1. The summed E-state index contributed by atoms with van der Waals surface area (Å²) >= 11 is 1.65. The first-order valence-corrected chi connectivity index (χ1v) is 12.5. The van der Waals surface area contributed by atoms with E-state index in [1.54, 1.807) is 33.3 Å². The number of hydrogen-bond acceptors (Lipinski definition) is 3. The fourth-order valence-electron chi connectivity index (χ4n) is 3.71. The molecule has 2 aromatic carbocycles. The van der Waals surface area contributed by atoms with E-state index in [1.165, 1.54) is 17.0 Å². The highest BCUT2D eigenvalue weighted by atomic mass is 32.1. The van der Waals surface area contributed by atoms with E-state index >= 15 is 0 Å². The van der Waals surface area contributed by atoms with E-state index in [-0.39, 0.29) is 36.5 Å². The first-order chi connectivity index (χ1) is 16.3. The Bertz CT molecular complexity index is 1070. The second kappa shape index (κ2) is 12.5. The lowest BCUT2D eigenvalue weighted by molar-refractivity contribution is -0.141. The first-order valence-electron chi connectivity index (χ1n) is 11.7. The molecule has 0 bridgehead atoms. The van der Waals surface area contributed by atoms with Crippen molar-refractivity contribution < 1.29 is 14.0 Å². The average molecular weight is 481 g/mol. The monoisotopic (exact) mass is 480 g/mol. The summed E-state index contributed by atoms with van der Waals surface area (Å²) in [6, 6.07) is 19.9. The van der Waals surface area contributed by atoms with Crippen molar-refractivity contribution in [3.63, 3.8) is 0 Å². The third kappa shape index (κ3) is 7.80. The lowest BCUT2D eigenvalue weighted by Gasteiger charge is -2.29. The van der Waals surface area contributed by atoms with Crippen LogP contribution < -0.4 is 0 Å². The van der Waals surface area contributed by atoms with Crippen LogP contribution in [0.5, 0.6) is 0 Å². The van der Waals surface area contributed by atoms with Gasteiger partial charge < -0.3 is 9.80 Å². The predicted molar refractivity (Wildman–Crippen MR) is 136 cm³/mol. The standard InChI is InChI=1S/C28H33FN2O2S/c1-4-21(2)17-30(27(32)16-23-8-6-5-7-9-23)20-28(33)31(19-26-15-10-22(3)34-26)18-24-11-13-25(29)14-12-24/h5-15,21H,4,16-20H2,1-3H3/t21-/m1/s1. The lowest BCUT2D eigenvalue weighted by atomic mass is 10.1. The topological polar surface area (TPSA) is 40.6 Å². The smallest absolute Gasteiger partial charge is 0.242 e. The molecule has 34 heavy (non-hydrogen) atoms. The van der Waals surface area contributed by atoms with Crippen LogP contribution in [-0.2, 0) is 29.1 Å². The number of thiophene rings is 1. The van der Waals surface area contributed by atoms with Gasteiger partial charge in [0, 0.05) is 22.8 Å². The summed E-state index contributed by atoms with van der Waals surface area (Å²) in [5.41, 5.74) is 1.79. The Labute approximate surface area is 206 Å². The minimum atomic E-state index is -0.304. The molecular formula is C28H33FN2O2S. The normalized spacial score (nSPS) is 11.8. The minimum absolute atomic E-state index is 0.0293. The van der Waals surface area contributed by atoms with Crippen LogP contribution in [0.25, 0.3) is 0 Å². The molecule has 0 saturated heterocycles. The largest absolute Gasteiger partial charge is 0.333 e. The molecule has 1 heterocycles. The van der Waals surface area contributed by atoms with Gasteiger partial charge in [0.15, 0.2) is 0 Å². The number of carbonyl (C=O) groups is 2. The van der Waals surface area contributed by atoms with Gasteiger partial charge in [-0.1, -0.05) is 62.7 Å². The number of carbonyl (C=O) groups excluding carboxylic acids is 2. The highest BCUT2D eigenvalue weighted by Gasteiger charge is 2.23. The van der Waals surface area contributed by atoms with Crippen molar-refractivity contribution in [3.05, 3.63) is 93.4 Å². The van der Waals surface area contributed by atoms with Crippen molar-refractivity contribution in [3.8, 4) is 0 Å². The summed E-state index contributed by atoms with van der Waals surface area (Å²) < 4.78 is 13.4. The van der Waals surface area contributed by atoms with Gasteiger partial charge in [-0.2, -0.15) is 0 Å². The summed E-state index contributed by atoms with van der Waals surface area (Å²) in [4.78, 5) is 32.4. The molecule has 1 atom stereocenters. The van der Waals surface area contributed by atoms with Crippen molar-refractivity contribution in [2.75, 3.05) is 13.1 Å². The second-order valence-electron chi connectivity index (χ2n) is 8.84. The summed E-state index contributed by atoms with van der Waals surface area (Å²) in [5, 5.41) is 0. The second-order valence-corrected chi connectivity index (χ2v) is 10.2. The maximum absolute atomic E-state index is 13.5. The Morgan fingerprint density at radius 2 is 1.59 bits per heavy atom. The van der Waals surface area contributed by atoms with Crippen molar-refractivity contribution >= 4 is 23.2 Å². The van der Waals surface area contributed by atoms with E-state index in [2.05, 4.69) is 13.8 Å². The van der Waals surface area contributed by atoms with Crippen LogP contribution in [0.15, 0.2) is 66.7 Å². The van der Waals surface area contributed by atoms with Gasteiger partial charge in [0.25, 0.3) is 0 Å². The highest BCUT2D eigenvalue weighted by molar-refractivity contribution is 7.11. The first kappa shape index (κ1) is 25.6. The van der Waals surface area contributed by atoms with Crippen LogP contribution in [0.1, 0.15) is 41.1 Å². The van der Waals surface area contributed by atoms with Crippen molar-refractivity contribution in [2.24, 2.45) is 5.92 Å². The molecule has 3 aromatic rings. The van der Waals surface area contributed by atoms with Gasteiger partial charge in [0.1, 0.15) is 5.82 Å². The maximum Gasteiger partial charge on any atom is 0.242 e. The van der Waals surface area contributed by atoms with Crippen LogP contribution in [0.4, 0.5) is 4.39 Å². The molecule has 0 spiro atoms. The van der Waals surface area contributed by atoms with Crippen LogP contribution in [0.3, 0.4) is 0 Å². The fraction of sp³-hybridized carbons (Fsp3) is 0.357. The number of rotatable bonds is 11. The molecule has 0 aliphatic heterocycles. The summed E-state index contributed by atoms with van der Waals surface area (Å²) in [7, 11) is 0. The predicted octanol–water partition coefficient (Wildman–Crippen LogP) is 5.84. The van der Waals surface area contributed by atoms with Gasteiger partial charge in [0.05, 0.1) is 19.5 Å². The number of hydrogen-bond donors (Lipinski definition) is 0. The maximum atomic E-state index is 13.5. The summed E-state index contributed by atoms with van der Waals surface area (Å²) in [6.45, 7) is 7.61. The molecule has 0 unspecified atom stereocenters. The zero-order chi connectivity index (χ0) is 24.5. The number of nitrogens with zero attached hydrogens (tertiary/aromatic N) is 2. The van der Waals surface area contributed by atoms with E-state index in [9.17, 15) is 14.0 Å². The molecule has 6 heteroatoms. The molecule has 4 nitrogen and oxygen atoms in total. The van der Waals surface area contributed by atoms with Gasteiger partial charge >= 0.3 is 0 Å². The van der Waals surface area contributed by atoms with Crippen molar-refractivity contribution in [1.29, 1.82) is 0 Å². The van der Waals surface area contributed by atoms with Crippen LogP contribution in [0.2, 0.25) is 0 Å². The number of benzene rings is 2. The molecule has 0 saturated carbocycles. The molecule has 0 fully saturated rings. The molecular weight excluding hydrogens is 447 g/mol. The van der Waals surface area contributed by atoms with Gasteiger partial charge in [-0.15, -0.1) is 11.3 Å². The molecule has 2 amide bonds. The van der Waals surface area contributed by atoms with Gasteiger partial charge in [-0.05, 0) is 48.2 Å². The molecule has 0 radical (unpaired) electrons. The van der Waals surface area contributed by atoms with Crippen molar-refractivity contribution in [2.45, 2.75) is 46.7 Å². The quantitative estimate of drug-likeness (QED) is 0.346. The van der Waals surface area contributed by atoms with E-state index in [0.29, 0.717) is 19.6 Å².